The zero-order chi connectivity index (χ0) is 20.8. The number of aromatic nitrogens is 4. The highest BCUT2D eigenvalue weighted by molar-refractivity contribution is 6.00. The fourth-order valence-electron chi connectivity index (χ4n) is 2.56. The van der Waals surface area contributed by atoms with E-state index in [0.29, 0.717) is 17.0 Å². The van der Waals surface area contributed by atoms with Crippen molar-refractivity contribution >= 4 is 22.8 Å². The summed E-state index contributed by atoms with van der Waals surface area (Å²) in [7, 11) is 1.58. The standard InChI is InChI=1S/C15H14O4.C5H5N5/c1-19-12-5-2-10(3-6-12)8-14(17)13-7-4-11(16)9-15(13)18;6-4-3-5(9-1-7-3)10-2-8-4/h2-7,9,16,18H,8H2,1H3;1-2H,(H3,6,7,8,9,10). The van der Waals surface area contributed by atoms with Crippen molar-refractivity contribution in [1.82, 2.24) is 19.9 Å². The maximum absolute atomic E-state index is 12.0. The molecule has 0 aliphatic rings. The number of ether oxygens (including phenoxy) is 1. The molecule has 148 valence electrons. The normalized spacial score (nSPS) is 10.2. The summed E-state index contributed by atoms with van der Waals surface area (Å²) >= 11 is 0. The molecular formula is C20H19N5O4. The van der Waals surface area contributed by atoms with Crippen LogP contribution in [0.3, 0.4) is 0 Å². The Balaban J connectivity index is 0.000000200. The maximum atomic E-state index is 12.0. The van der Waals surface area contributed by atoms with Gasteiger partial charge in [0.1, 0.15) is 29.1 Å². The molecule has 0 radical (unpaired) electrons. The van der Waals surface area contributed by atoms with Crippen LogP contribution in [0.2, 0.25) is 0 Å². The van der Waals surface area contributed by atoms with Gasteiger partial charge in [0.15, 0.2) is 17.2 Å². The molecule has 4 rings (SSSR count). The van der Waals surface area contributed by atoms with Crippen molar-refractivity contribution in [1.29, 1.82) is 0 Å². The minimum absolute atomic E-state index is 0.0708. The quantitative estimate of drug-likeness (QED) is 0.387. The second-order valence-corrected chi connectivity index (χ2v) is 6.01. The first-order valence-corrected chi connectivity index (χ1v) is 8.55. The van der Waals surface area contributed by atoms with Gasteiger partial charge < -0.3 is 25.7 Å². The summed E-state index contributed by atoms with van der Waals surface area (Å²) in [6.07, 6.45) is 3.11. The molecule has 0 atom stereocenters. The number of H-pyrrole nitrogens is 1. The van der Waals surface area contributed by atoms with Crippen molar-refractivity contribution in [3.63, 3.8) is 0 Å². The van der Waals surface area contributed by atoms with Gasteiger partial charge in [-0.2, -0.15) is 0 Å². The Morgan fingerprint density at radius 1 is 1.10 bits per heavy atom. The smallest absolute Gasteiger partial charge is 0.182 e. The van der Waals surface area contributed by atoms with Crippen LogP contribution in [0, 0.1) is 0 Å². The molecule has 0 bridgehead atoms. The first-order valence-electron chi connectivity index (χ1n) is 8.55. The molecule has 2 heterocycles. The largest absolute Gasteiger partial charge is 0.508 e. The monoisotopic (exact) mass is 393 g/mol. The van der Waals surface area contributed by atoms with E-state index >= 15 is 0 Å². The van der Waals surface area contributed by atoms with Crippen LogP contribution in [0.4, 0.5) is 5.82 Å². The highest BCUT2D eigenvalue weighted by atomic mass is 16.5. The van der Waals surface area contributed by atoms with E-state index in [1.165, 1.54) is 24.8 Å². The number of aromatic hydroxyl groups is 2. The lowest BCUT2D eigenvalue weighted by molar-refractivity contribution is 0.0990. The number of benzene rings is 2. The number of nitrogens with two attached hydrogens (primary N) is 1. The molecule has 0 aliphatic carbocycles. The average Bonchev–Trinajstić information content (AvgIpc) is 3.19. The molecule has 5 N–H and O–H groups in total. The minimum atomic E-state index is -0.210. The average molecular weight is 393 g/mol. The van der Waals surface area contributed by atoms with Crippen molar-refractivity contribution in [2.24, 2.45) is 0 Å². The van der Waals surface area contributed by atoms with E-state index in [2.05, 4.69) is 19.9 Å². The second kappa shape index (κ2) is 8.70. The lowest BCUT2D eigenvalue weighted by Crippen LogP contribution is -2.03. The lowest BCUT2D eigenvalue weighted by Gasteiger charge is -2.05. The molecule has 2 aromatic heterocycles. The number of aromatic amines is 1. The van der Waals surface area contributed by atoms with Gasteiger partial charge in [0.2, 0.25) is 0 Å². The first-order chi connectivity index (χ1) is 14.0. The predicted octanol–water partition coefficient (Wildman–Crippen LogP) is 2.47. The number of rotatable bonds is 4. The SMILES string of the molecule is COc1ccc(CC(=O)c2ccc(O)cc2O)cc1.Nc1ncnc2nc[nH]c12. The molecule has 2 aromatic carbocycles. The highest BCUT2D eigenvalue weighted by Gasteiger charge is 2.12. The second-order valence-electron chi connectivity index (χ2n) is 6.01. The third kappa shape index (κ3) is 4.78. The van der Waals surface area contributed by atoms with Crippen LogP contribution in [0.15, 0.2) is 55.1 Å². The van der Waals surface area contributed by atoms with Crippen LogP contribution in [-0.2, 0) is 6.42 Å². The summed E-state index contributed by atoms with van der Waals surface area (Å²) in [6, 6.07) is 11.1. The van der Waals surface area contributed by atoms with Gasteiger partial charge in [-0.15, -0.1) is 0 Å². The predicted molar refractivity (Wildman–Crippen MR) is 107 cm³/mol. The van der Waals surface area contributed by atoms with Gasteiger partial charge in [0.25, 0.3) is 0 Å². The van der Waals surface area contributed by atoms with E-state index in [4.69, 9.17) is 10.5 Å². The lowest BCUT2D eigenvalue weighted by atomic mass is 10.0. The number of fused-ring (bicyclic) bond motifs is 1. The summed E-state index contributed by atoms with van der Waals surface area (Å²) in [6.45, 7) is 0. The Labute approximate surface area is 165 Å². The van der Waals surface area contributed by atoms with Gasteiger partial charge in [-0.3, -0.25) is 4.79 Å². The number of hydrogen-bond donors (Lipinski definition) is 4. The van der Waals surface area contributed by atoms with Crippen molar-refractivity contribution in [3.8, 4) is 17.2 Å². The fourth-order valence-corrected chi connectivity index (χ4v) is 2.56. The maximum Gasteiger partial charge on any atom is 0.182 e. The number of carbonyl (C=O) groups excluding carboxylic acids is 1. The summed E-state index contributed by atoms with van der Waals surface area (Å²) in [4.78, 5) is 26.4. The number of nitrogens with one attached hydrogen (secondary N) is 1. The Kier molecular flexibility index (Phi) is 5.88. The number of nitrogen functional groups attached to an aromatic ring is 1. The van der Waals surface area contributed by atoms with Crippen LogP contribution >= 0.6 is 0 Å². The summed E-state index contributed by atoms with van der Waals surface area (Å²) in [5.41, 5.74) is 7.81. The van der Waals surface area contributed by atoms with Crippen LogP contribution in [0.25, 0.3) is 11.2 Å². The van der Waals surface area contributed by atoms with E-state index in [1.807, 2.05) is 0 Å². The van der Waals surface area contributed by atoms with Crippen molar-refractivity contribution in [3.05, 3.63) is 66.2 Å². The Bertz CT molecular complexity index is 1130. The number of hydrogen-bond acceptors (Lipinski definition) is 8. The summed E-state index contributed by atoms with van der Waals surface area (Å²) in [5.74, 6) is 0.672. The van der Waals surface area contributed by atoms with Crippen molar-refractivity contribution in [2.75, 3.05) is 12.8 Å². The van der Waals surface area contributed by atoms with Gasteiger partial charge >= 0.3 is 0 Å². The molecular weight excluding hydrogens is 374 g/mol. The number of Topliss-reactive ketones (excluding diaryl/α,β-unsaturated/α-hetero) is 1. The van der Waals surface area contributed by atoms with Gasteiger partial charge in [-0.05, 0) is 29.8 Å². The first kappa shape index (κ1) is 19.6. The van der Waals surface area contributed by atoms with E-state index in [1.54, 1.807) is 31.4 Å². The topological polar surface area (TPSA) is 147 Å². The Morgan fingerprint density at radius 3 is 2.52 bits per heavy atom. The number of phenols is 2. The zero-order valence-corrected chi connectivity index (χ0v) is 15.5. The van der Waals surface area contributed by atoms with Gasteiger partial charge in [0.05, 0.1) is 19.0 Å². The molecule has 0 fully saturated rings. The zero-order valence-electron chi connectivity index (χ0n) is 15.5. The van der Waals surface area contributed by atoms with Gasteiger partial charge in [-0.25, -0.2) is 15.0 Å². The highest BCUT2D eigenvalue weighted by Crippen LogP contribution is 2.24. The van der Waals surface area contributed by atoms with E-state index < -0.39 is 0 Å². The molecule has 9 nitrogen and oxygen atoms in total. The van der Waals surface area contributed by atoms with Crippen LogP contribution < -0.4 is 10.5 Å². The van der Waals surface area contributed by atoms with Gasteiger partial charge in [-0.1, -0.05) is 12.1 Å². The van der Waals surface area contributed by atoms with E-state index in [0.717, 1.165) is 17.4 Å². The molecule has 0 amide bonds. The van der Waals surface area contributed by atoms with Crippen molar-refractivity contribution in [2.45, 2.75) is 6.42 Å². The summed E-state index contributed by atoms with van der Waals surface area (Å²) in [5, 5.41) is 18.8. The van der Waals surface area contributed by atoms with Crippen LogP contribution in [-0.4, -0.2) is 43.0 Å². The molecule has 29 heavy (non-hydrogen) atoms. The molecule has 0 unspecified atom stereocenters. The number of imidazole rings is 1. The van der Waals surface area contributed by atoms with Crippen molar-refractivity contribution < 1.29 is 19.7 Å². The summed E-state index contributed by atoms with van der Waals surface area (Å²) < 4.78 is 5.04. The Morgan fingerprint density at radius 2 is 1.86 bits per heavy atom. The third-order valence-corrected chi connectivity index (χ3v) is 4.06. The molecule has 9 heteroatoms. The van der Waals surface area contributed by atoms with E-state index in [-0.39, 0.29) is 29.3 Å². The third-order valence-electron chi connectivity index (χ3n) is 4.06. The molecule has 0 saturated heterocycles. The molecule has 0 saturated carbocycles. The number of nitrogens with zero attached hydrogens (tertiary/aromatic N) is 3. The number of anilines is 1. The molecule has 0 aliphatic heterocycles. The van der Waals surface area contributed by atoms with E-state index in [9.17, 15) is 15.0 Å². The fraction of sp³-hybridized carbons (Fsp3) is 0.100. The number of carbonyl (C=O) groups is 1. The van der Waals surface area contributed by atoms with Gasteiger partial charge in [0, 0.05) is 12.5 Å². The minimum Gasteiger partial charge on any atom is -0.508 e. The van der Waals surface area contributed by atoms with Crippen LogP contribution in [0.1, 0.15) is 15.9 Å². The Hall–Kier alpha value is -4.14. The molecule has 4 aromatic rings. The number of ketones is 1. The number of methoxy groups -OCH3 is 1. The number of phenolic OH excluding ortho intramolecular Hbond substituents is 2. The molecule has 0 spiro atoms. The van der Waals surface area contributed by atoms with Crippen LogP contribution in [0.5, 0.6) is 17.2 Å².